The van der Waals surface area contributed by atoms with Gasteiger partial charge in [-0.1, -0.05) is 26.0 Å². The lowest BCUT2D eigenvalue weighted by atomic mass is 9.99. The molecule has 2 amide bonds. The maximum atomic E-state index is 12.3. The molecule has 3 aromatic heterocycles. The number of hydrogen-bond donors (Lipinski definition) is 3. The molecule has 0 saturated heterocycles. The molecule has 0 aliphatic carbocycles. The Morgan fingerprint density at radius 3 is 2.65 bits per heavy atom. The Morgan fingerprint density at radius 1 is 1.12 bits per heavy atom. The number of alkyl halides is 3. The summed E-state index contributed by atoms with van der Waals surface area (Å²) < 4.78 is 38.8. The number of amides is 2. The van der Waals surface area contributed by atoms with Crippen LogP contribution in [0.1, 0.15) is 25.3 Å². The lowest BCUT2D eigenvalue weighted by Crippen LogP contribution is -2.36. The predicted molar refractivity (Wildman–Crippen MR) is 123 cm³/mol. The van der Waals surface area contributed by atoms with Gasteiger partial charge in [0.2, 0.25) is 5.95 Å². The lowest BCUT2D eigenvalue weighted by molar-refractivity contribution is -0.122. The third-order valence-corrected chi connectivity index (χ3v) is 5.11. The largest absolute Gasteiger partial charge is 0.405 e. The van der Waals surface area contributed by atoms with Crippen molar-refractivity contribution in [1.29, 1.82) is 0 Å². The van der Waals surface area contributed by atoms with Crippen LogP contribution in [0, 0.1) is 0 Å². The highest BCUT2D eigenvalue weighted by molar-refractivity contribution is 5.90. The Labute approximate surface area is 193 Å². The van der Waals surface area contributed by atoms with Crippen molar-refractivity contribution < 1.29 is 18.0 Å². The molecule has 4 aromatic rings. The highest BCUT2D eigenvalue weighted by Crippen LogP contribution is 2.30. The topological polar surface area (TPSA) is 110 Å². The van der Waals surface area contributed by atoms with Crippen molar-refractivity contribution in [3.8, 4) is 22.5 Å². The van der Waals surface area contributed by atoms with E-state index in [1.54, 1.807) is 35.9 Å². The number of nitrogens with two attached hydrogens (primary N) is 1. The van der Waals surface area contributed by atoms with Crippen LogP contribution in [0.15, 0.2) is 55.0 Å². The van der Waals surface area contributed by atoms with E-state index < -0.39 is 18.8 Å². The van der Waals surface area contributed by atoms with Crippen LogP contribution >= 0.6 is 0 Å². The van der Waals surface area contributed by atoms with E-state index in [0.29, 0.717) is 11.3 Å². The van der Waals surface area contributed by atoms with Gasteiger partial charge in [0.15, 0.2) is 0 Å². The van der Waals surface area contributed by atoms with Crippen molar-refractivity contribution in [2.24, 2.45) is 0 Å². The molecule has 0 fully saturated rings. The third-order valence-electron chi connectivity index (χ3n) is 5.11. The van der Waals surface area contributed by atoms with Crippen LogP contribution < -0.4 is 16.4 Å². The van der Waals surface area contributed by atoms with Gasteiger partial charge in [0.25, 0.3) is 0 Å². The molecular formula is C23H22F3N7O. The third kappa shape index (κ3) is 5.08. The Hall–Kier alpha value is -4.15. The molecule has 8 nitrogen and oxygen atoms in total. The average molecular weight is 469 g/mol. The number of nitrogens with one attached hydrogen (secondary N) is 2. The van der Waals surface area contributed by atoms with Gasteiger partial charge in [-0.3, -0.25) is 4.40 Å². The second kappa shape index (κ2) is 9.00. The van der Waals surface area contributed by atoms with Crippen molar-refractivity contribution in [3.05, 3.63) is 60.6 Å². The zero-order chi connectivity index (χ0) is 24.5. The van der Waals surface area contributed by atoms with Crippen LogP contribution in [0.25, 0.3) is 28.2 Å². The molecule has 0 spiro atoms. The fraction of sp³-hybridized carbons (Fsp3) is 0.217. The minimum Gasteiger partial charge on any atom is -0.368 e. The Balaban J connectivity index is 1.62. The number of hydrogen-bond acceptors (Lipinski definition) is 5. The summed E-state index contributed by atoms with van der Waals surface area (Å²) >= 11 is 0. The standard InChI is InChI=1S/C23H22F3N7O/c1-13(2)17-10-29-21(27)32-20(17)15-6-7-33-18(11-28-19(33)9-15)14-4-3-5-16(8-14)31-22(34)30-12-23(24,25)26/h3-11,13H,12H2,1-2H3,(H2,27,29,32)(H2,30,31,34). The van der Waals surface area contributed by atoms with Crippen LogP contribution in [0.3, 0.4) is 0 Å². The van der Waals surface area contributed by atoms with Crippen molar-refractivity contribution in [2.75, 3.05) is 17.6 Å². The number of imidazole rings is 1. The molecule has 0 aliphatic heterocycles. The van der Waals surface area contributed by atoms with E-state index >= 15 is 0 Å². The predicted octanol–water partition coefficient (Wildman–Crippen LogP) is 4.85. The molecule has 0 atom stereocenters. The van der Waals surface area contributed by atoms with Gasteiger partial charge >= 0.3 is 12.2 Å². The van der Waals surface area contributed by atoms with Crippen LogP contribution in [0.4, 0.5) is 29.6 Å². The van der Waals surface area contributed by atoms with Crippen LogP contribution in [-0.4, -0.2) is 38.1 Å². The molecule has 1 aromatic carbocycles. The molecule has 4 rings (SSSR count). The van der Waals surface area contributed by atoms with E-state index in [4.69, 9.17) is 5.73 Å². The van der Waals surface area contributed by atoms with Crippen molar-refractivity contribution in [3.63, 3.8) is 0 Å². The number of carbonyl (C=O) groups is 1. The quantitative estimate of drug-likeness (QED) is 0.387. The number of halogens is 3. The number of urea groups is 1. The van der Waals surface area contributed by atoms with Crippen LogP contribution in [-0.2, 0) is 0 Å². The Morgan fingerprint density at radius 2 is 1.91 bits per heavy atom. The fourth-order valence-corrected chi connectivity index (χ4v) is 3.51. The maximum Gasteiger partial charge on any atom is 0.405 e. The van der Waals surface area contributed by atoms with Crippen molar-refractivity contribution in [1.82, 2.24) is 24.7 Å². The molecule has 0 unspecified atom stereocenters. The molecule has 0 radical (unpaired) electrons. The van der Waals surface area contributed by atoms with Gasteiger partial charge in [-0.05, 0) is 35.7 Å². The number of nitrogens with zero attached hydrogens (tertiary/aromatic N) is 4. The fourth-order valence-electron chi connectivity index (χ4n) is 3.51. The number of benzene rings is 1. The monoisotopic (exact) mass is 469 g/mol. The maximum absolute atomic E-state index is 12.3. The van der Waals surface area contributed by atoms with Crippen LogP contribution in [0.5, 0.6) is 0 Å². The number of rotatable bonds is 5. The first kappa shape index (κ1) is 23.0. The summed E-state index contributed by atoms with van der Waals surface area (Å²) in [7, 11) is 0. The number of pyridine rings is 1. The minimum absolute atomic E-state index is 0.187. The molecule has 0 bridgehead atoms. The average Bonchev–Trinajstić information content (AvgIpc) is 3.20. The minimum atomic E-state index is -4.48. The van der Waals surface area contributed by atoms with E-state index in [1.807, 2.05) is 28.8 Å². The highest BCUT2D eigenvalue weighted by atomic mass is 19.4. The van der Waals surface area contributed by atoms with Gasteiger partial charge in [0, 0.05) is 29.2 Å². The number of nitrogen functional groups attached to an aromatic ring is 1. The Bertz CT molecular complexity index is 1350. The number of anilines is 2. The summed E-state index contributed by atoms with van der Waals surface area (Å²) in [5.74, 6) is 0.387. The zero-order valence-corrected chi connectivity index (χ0v) is 18.4. The van der Waals surface area contributed by atoms with Gasteiger partial charge in [0.1, 0.15) is 12.2 Å². The van der Waals surface area contributed by atoms with Gasteiger partial charge < -0.3 is 16.4 Å². The van der Waals surface area contributed by atoms with E-state index in [1.165, 1.54) is 0 Å². The summed E-state index contributed by atoms with van der Waals surface area (Å²) in [6.07, 6.45) is 0.778. The van der Waals surface area contributed by atoms with Crippen LogP contribution in [0.2, 0.25) is 0 Å². The summed E-state index contributed by atoms with van der Waals surface area (Å²) in [5.41, 5.74) is 10.9. The van der Waals surface area contributed by atoms with Crippen molar-refractivity contribution in [2.45, 2.75) is 25.9 Å². The SMILES string of the molecule is CC(C)c1cnc(N)nc1-c1ccn2c(-c3cccc(NC(=O)NCC(F)(F)F)c3)cnc2c1. The van der Waals surface area contributed by atoms with Gasteiger partial charge in [-0.15, -0.1) is 0 Å². The second-order valence-electron chi connectivity index (χ2n) is 7.98. The first-order valence-corrected chi connectivity index (χ1v) is 10.4. The van der Waals surface area contributed by atoms with Crippen molar-refractivity contribution >= 4 is 23.3 Å². The van der Waals surface area contributed by atoms with E-state index in [2.05, 4.69) is 34.1 Å². The summed E-state index contributed by atoms with van der Waals surface area (Å²) in [6, 6.07) is 9.61. The first-order valence-electron chi connectivity index (χ1n) is 10.4. The summed E-state index contributed by atoms with van der Waals surface area (Å²) in [6.45, 7) is 2.69. The summed E-state index contributed by atoms with van der Waals surface area (Å²) in [4.78, 5) is 24.8. The van der Waals surface area contributed by atoms with Gasteiger partial charge in [-0.25, -0.2) is 19.7 Å². The molecule has 0 saturated carbocycles. The number of carbonyl (C=O) groups excluding carboxylic acids is 1. The lowest BCUT2D eigenvalue weighted by Gasteiger charge is -2.12. The zero-order valence-electron chi connectivity index (χ0n) is 18.4. The second-order valence-corrected chi connectivity index (χ2v) is 7.98. The van der Waals surface area contributed by atoms with Gasteiger partial charge in [0.05, 0.1) is 17.6 Å². The van der Waals surface area contributed by atoms with E-state index in [-0.39, 0.29) is 11.9 Å². The molecule has 0 aliphatic rings. The number of aromatic nitrogens is 4. The van der Waals surface area contributed by atoms with Gasteiger partial charge in [-0.2, -0.15) is 13.2 Å². The molecule has 4 N–H and O–H groups in total. The smallest absolute Gasteiger partial charge is 0.368 e. The van der Waals surface area contributed by atoms with E-state index in [0.717, 1.165) is 28.1 Å². The Kier molecular flexibility index (Phi) is 6.10. The molecule has 34 heavy (non-hydrogen) atoms. The molecule has 3 heterocycles. The molecular weight excluding hydrogens is 447 g/mol. The van der Waals surface area contributed by atoms with E-state index in [9.17, 15) is 18.0 Å². The molecule has 176 valence electrons. The number of fused-ring (bicyclic) bond motifs is 1. The first-order chi connectivity index (χ1) is 16.1. The summed E-state index contributed by atoms with van der Waals surface area (Å²) in [5, 5.41) is 4.19. The normalized spacial score (nSPS) is 11.7. The highest BCUT2D eigenvalue weighted by Gasteiger charge is 2.27. The molecule has 11 heteroatoms.